The fourth-order valence-corrected chi connectivity index (χ4v) is 10.2. The van der Waals surface area contributed by atoms with Gasteiger partial charge in [0.15, 0.2) is 0 Å². The van der Waals surface area contributed by atoms with E-state index in [1.54, 1.807) is 0 Å². The van der Waals surface area contributed by atoms with Gasteiger partial charge in [-0.15, -0.1) is 0 Å². The van der Waals surface area contributed by atoms with Crippen molar-refractivity contribution in [3.63, 3.8) is 0 Å². The molecule has 308 valence electrons. The molecule has 0 aliphatic heterocycles. The summed E-state index contributed by atoms with van der Waals surface area (Å²) in [6, 6.07) is 88.7. The van der Waals surface area contributed by atoms with E-state index in [9.17, 15) is 0 Å². The van der Waals surface area contributed by atoms with Crippen molar-refractivity contribution in [3.05, 3.63) is 254 Å². The number of nitrogens with zero attached hydrogens (tertiary/aromatic N) is 2. The number of hydrogen-bond acceptors (Lipinski definition) is 1. The van der Waals surface area contributed by atoms with E-state index in [0.29, 0.717) is 0 Å². The van der Waals surface area contributed by atoms with Gasteiger partial charge in [-0.1, -0.05) is 178 Å². The van der Waals surface area contributed by atoms with E-state index < -0.39 is 0 Å². The van der Waals surface area contributed by atoms with Gasteiger partial charge < -0.3 is 9.47 Å². The molecule has 0 fully saturated rings. The predicted octanol–water partition coefficient (Wildman–Crippen LogP) is 17.2. The van der Waals surface area contributed by atoms with Crippen LogP contribution >= 0.6 is 0 Å². The van der Waals surface area contributed by atoms with E-state index in [1.807, 2.05) is 0 Å². The molecule has 0 spiro atoms. The molecule has 1 heterocycles. The molecule has 0 N–H and O–H groups in total. The number of rotatable bonds is 8. The standard InChI is InChI=1S/C63H46N2/c1-63(2)59-41-50(48-20-14-19-47(39-48)49-30-38-62-58(40-49)57-23-12-13-24-61(57)65(62)51-21-10-5-11-22-51)29-36-55(59)56-37-35-54(42-60(56)63)64(52-31-25-45(26-32-52)43-15-6-3-7-16-43)53-33-27-46(28-34-53)44-17-8-4-9-18-44/h3-42H,1-2H3. The number of aromatic nitrogens is 1. The second kappa shape index (κ2) is 15.6. The molecule has 2 nitrogen and oxygen atoms in total. The zero-order valence-electron chi connectivity index (χ0n) is 36.5. The quantitative estimate of drug-likeness (QED) is 0.148. The second-order valence-electron chi connectivity index (χ2n) is 17.8. The van der Waals surface area contributed by atoms with Crippen molar-refractivity contribution < 1.29 is 0 Å². The molecule has 1 aliphatic rings. The predicted molar refractivity (Wildman–Crippen MR) is 275 cm³/mol. The van der Waals surface area contributed by atoms with Crippen LogP contribution in [0.3, 0.4) is 0 Å². The Kier molecular flexibility index (Phi) is 9.21. The maximum absolute atomic E-state index is 2.44. The molecule has 0 saturated carbocycles. The summed E-state index contributed by atoms with van der Waals surface area (Å²) >= 11 is 0. The third-order valence-electron chi connectivity index (χ3n) is 13.6. The SMILES string of the molecule is CC1(C)c2cc(-c3cccc(-c4ccc5c(c4)c4ccccc4n5-c4ccccc4)c3)ccc2-c2ccc(N(c3ccc(-c4ccccc4)cc3)c3ccc(-c4ccccc4)cc3)cc21. The first-order valence-corrected chi connectivity index (χ1v) is 22.6. The van der Waals surface area contributed by atoms with E-state index in [1.165, 1.54) is 94.3 Å². The molecule has 1 aliphatic carbocycles. The van der Waals surface area contributed by atoms with Crippen LogP contribution in [-0.2, 0) is 5.41 Å². The van der Waals surface area contributed by atoms with Crippen LogP contribution in [0.2, 0.25) is 0 Å². The van der Waals surface area contributed by atoms with Crippen molar-refractivity contribution in [2.24, 2.45) is 0 Å². The summed E-state index contributed by atoms with van der Waals surface area (Å²) in [5.74, 6) is 0. The van der Waals surface area contributed by atoms with Crippen molar-refractivity contribution in [2.75, 3.05) is 4.90 Å². The van der Waals surface area contributed by atoms with Crippen LogP contribution < -0.4 is 4.90 Å². The molecule has 0 bridgehead atoms. The molecule has 0 radical (unpaired) electrons. The summed E-state index contributed by atoms with van der Waals surface area (Å²) in [7, 11) is 0. The minimum Gasteiger partial charge on any atom is -0.310 e. The number of benzene rings is 10. The van der Waals surface area contributed by atoms with Crippen molar-refractivity contribution in [2.45, 2.75) is 19.3 Å². The minimum absolute atomic E-state index is 0.216. The van der Waals surface area contributed by atoms with Crippen molar-refractivity contribution >= 4 is 38.9 Å². The zero-order chi connectivity index (χ0) is 43.5. The minimum atomic E-state index is -0.216. The molecule has 65 heavy (non-hydrogen) atoms. The van der Waals surface area contributed by atoms with Crippen molar-refractivity contribution in [1.82, 2.24) is 4.57 Å². The Hall–Kier alpha value is -8.20. The van der Waals surface area contributed by atoms with Gasteiger partial charge in [-0.25, -0.2) is 0 Å². The lowest BCUT2D eigenvalue weighted by atomic mass is 9.81. The normalized spacial score (nSPS) is 12.6. The third kappa shape index (κ3) is 6.65. The summed E-state index contributed by atoms with van der Waals surface area (Å²) in [6.07, 6.45) is 0. The van der Waals surface area contributed by atoms with Gasteiger partial charge in [0.1, 0.15) is 0 Å². The lowest BCUT2D eigenvalue weighted by Gasteiger charge is -2.28. The monoisotopic (exact) mass is 830 g/mol. The number of anilines is 3. The zero-order valence-corrected chi connectivity index (χ0v) is 36.5. The molecular formula is C63H46N2. The first-order chi connectivity index (χ1) is 32.0. The topological polar surface area (TPSA) is 8.17 Å². The van der Waals surface area contributed by atoms with Crippen LogP contribution in [0.15, 0.2) is 243 Å². The van der Waals surface area contributed by atoms with E-state index in [-0.39, 0.29) is 5.41 Å². The summed E-state index contributed by atoms with van der Waals surface area (Å²) in [5, 5.41) is 2.52. The molecular weight excluding hydrogens is 785 g/mol. The number of fused-ring (bicyclic) bond motifs is 6. The Morgan fingerprint density at radius 2 is 0.738 bits per heavy atom. The van der Waals surface area contributed by atoms with Gasteiger partial charge in [0.2, 0.25) is 0 Å². The highest BCUT2D eigenvalue weighted by atomic mass is 15.1. The second-order valence-corrected chi connectivity index (χ2v) is 17.8. The first kappa shape index (κ1) is 38.5. The lowest BCUT2D eigenvalue weighted by Crippen LogP contribution is -2.16. The van der Waals surface area contributed by atoms with E-state index in [0.717, 1.165) is 17.1 Å². The average molecular weight is 831 g/mol. The Morgan fingerprint density at radius 1 is 0.308 bits per heavy atom. The summed E-state index contributed by atoms with van der Waals surface area (Å²) in [6.45, 7) is 4.77. The summed E-state index contributed by atoms with van der Waals surface area (Å²) < 4.78 is 2.38. The molecule has 0 amide bonds. The summed E-state index contributed by atoms with van der Waals surface area (Å²) in [5.41, 5.74) is 21.8. The number of para-hydroxylation sites is 2. The largest absolute Gasteiger partial charge is 0.310 e. The first-order valence-electron chi connectivity index (χ1n) is 22.6. The summed E-state index contributed by atoms with van der Waals surface area (Å²) in [4.78, 5) is 2.40. The molecule has 12 rings (SSSR count). The lowest BCUT2D eigenvalue weighted by molar-refractivity contribution is 0.660. The van der Waals surface area contributed by atoms with Gasteiger partial charge in [0, 0.05) is 38.9 Å². The van der Waals surface area contributed by atoms with Gasteiger partial charge in [-0.3, -0.25) is 0 Å². The number of hydrogen-bond donors (Lipinski definition) is 0. The highest BCUT2D eigenvalue weighted by molar-refractivity contribution is 6.10. The maximum Gasteiger partial charge on any atom is 0.0541 e. The third-order valence-corrected chi connectivity index (χ3v) is 13.6. The van der Waals surface area contributed by atoms with Crippen LogP contribution in [0.25, 0.3) is 83.1 Å². The van der Waals surface area contributed by atoms with Gasteiger partial charge in [-0.2, -0.15) is 0 Å². The average Bonchev–Trinajstić information content (AvgIpc) is 3.82. The molecule has 10 aromatic carbocycles. The maximum atomic E-state index is 2.44. The van der Waals surface area contributed by atoms with E-state index in [4.69, 9.17) is 0 Å². The van der Waals surface area contributed by atoms with Crippen LogP contribution in [0.4, 0.5) is 17.1 Å². The van der Waals surface area contributed by atoms with Gasteiger partial charge >= 0.3 is 0 Å². The van der Waals surface area contributed by atoms with Crippen LogP contribution in [0, 0.1) is 0 Å². The molecule has 0 saturated heterocycles. The van der Waals surface area contributed by atoms with Crippen LogP contribution in [0.1, 0.15) is 25.0 Å². The highest BCUT2D eigenvalue weighted by Gasteiger charge is 2.36. The molecule has 0 atom stereocenters. The van der Waals surface area contributed by atoms with Crippen molar-refractivity contribution in [3.8, 4) is 61.3 Å². The van der Waals surface area contributed by atoms with Crippen molar-refractivity contribution in [1.29, 1.82) is 0 Å². The Morgan fingerprint density at radius 3 is 1.37 bits per heavy atom. The van der Waals surface area contributed by atoms with E-state index in [2.05, 4.69) is 266 Å². The van der Waals surface area contributed by atoms with Gasteiger partial charge in [-0.05, 0) is 146 Å². The van der Waals surface area contributed by atoms with E-state index >= 15 is 0 Å². The highest BCUT2D eigenvalue weighted by Crippen LogP contribution is 2.52. The van der Waals surface area contributed by atoms with Gasteiger partial charge in [0.25, 0.3) is 0 Å². The fourth-order valence-electron chi connectivity index (χ4n) is 10.2. The Labute approximate surface area is 381 Å². The Bertz CT molecular complexity index is 3440. The molecule has 0 unspecified atom stereocenters. The fraction of sp³-hybridized carbons (Fsp3) is 0.0476. The van der Waals surface area contributed by atoms with Crippen LogP contribution in [0.5, 0.6) is 0 Å². The molecule has 2 heteroatoms. The Balaban J connectivity index is 0.896. The van der Waals surface area contributed by atoms with Crippen LogP contribution in [-0.4, -0.2) is 4.57 Å². The smallest absolute Gasteiger partial charge is 0.0541 e. The molecule has 11 aromatic rings. The van der Waals surface area contributed by atoms with Gasteiger partial charge in [0.05, 0.1) is 11.0 Å². The molecule has 1 aromatic heterocycles.